The maximum atomic E-state index is 5.60. The van der Waals surface area contributed by atoms with Crippen LogP contribution in [0.1, 0.15) is 32.4 Å². The van der Waals surface area contributed by atoms with E-state index in [1.54, 1.807) is 13.3 Å². The monoisotopic (exact) mass is 497 g/mol. The van der Waals surface area contributed by atoms with Crippen LogP contribution in [0.4, 0.5) is 0 Å². The molecule has 1 atom stereocenters. The first-order chi connectivity index (χ1) is 13.2. The van der Waals surface area contributed by atoms with Crippen molar-refractivity contribution in [1.82, 2.24) is 20.5 Å². The summed E-state index contributed by atoms with van der Waals surface area (Å²) in [7, 11) is 1.80. The molecule has 0 spiro atoms. The quantitative estimate of drug-likeness (QED) is 0.347. The lowest BCUT2D eigenvalue weighted by atomic mass is 10.0. The third-order valence-corrected chi connectivity index (χ3v) is 5.09. The molecule has 3 rings (SSSR count). The van der Waals surface area contributed by atoms with Gasteiger partial charge in [-0.15, -0.1) is 24.0 Å². The van der Waals surface area contributed by atoms with Crippen LogP contribution in [0.3, 0.4) is 0 Å². The Morgan fingerprint density at radius 1 is 1.18 bits per heavy atom. The van der Waals surface area contributed by atoms with E-state index in [2.05, 4.69) is 39.4 Å². The summed E-state index contributed by atoms with van der Waals surface area (Å²) in [4.78, 5) is 11.5. The number of likely N-dealkylation sites (tertiary alicyclic amines) is 1. The minimum atomic E-state index is 0. The molecular formula is C21H32IN5O. The van der Waals surface area contributed by atoms with Crippen LogP contribution in [0.5, 0.6) is 0 Å². The molecule has 0 saturated carbocycles. The second kappa shape index (κ2) is 11.4. The van der Waals surface area contributed by atoms with E-state index in [0.717, 1.165) is 23.8 Å². The summed E-state index contributed by atoms with van der Waals surface area (Å²) in [5.74, 6) is 2.05. The molecule has 154 valence electrons. The van der Waals surface area contributed by atoms with Crippen LogP contribution in [0.2, 0.25) is 0 Å². The molecule has 1 aliphatic rings. The summed E-state index contributed by atoms with van der Waals surface area (Å²) in [5, 5.41) is 6.81. The van der Waals surface area contributed by atoms with Gasteiger partial charge >= 0.3 is 0 Å². The molecule has 6 nitrogen and oxygen atoms in total. The predicted octanol–water partition coefficient (Wildman–Crippen LogP) is 3.75. The highest BCUT2D eigenvalue weighted by molar-refractivity contribution is 14.0. The SMILES string of the molecule is CN=C(NCc1coc(-c2ccccc2)n1)NCC(C(C)C)N1CCCC1.I. The number of halogens is 1. The van der Waals surface area contributed by atoms with E-state index in [4.69, 9.17) is 4.42 Å². The van der Waals surface area contributed by atoms with Crippen molar-refractivity contribution in [2.45, 2.75) is 39.3 Å². The van der Waals surface area contributed by atoms with Crippen LogP contribution in [-0.4, -0.2) is 48.6 Å². The highest BCUT2D eigenvalue weighted by Gasteiger charge is 2.24. The first kappa shape index (κ1) is 22.7. The number of nitrogens with one attached hydrogen (secondary N) is 2. The molecule has 2 aromatic rings. The van der Waals surface area contributed by atoms with Gasteiger partial charge in [-0.2, -0.15) is 0 Å². The molecule has 0 amide bonds. The Bertz CT molecular complexity index is 725. The Balaban J connectivity index is 0.00000280. The molecule has 7 heteroatoms. The van der Waals surface area contributed by atoms with Crippen LogP contribution in [0.15, 0.2) is 46.0 Å². The van der Waals surface area contributed by atoms with Gasteiger partial charge in [-0.1, -0.05) is 32.0 Å². The van der Waals surface area contributed by atoms with Gasteiger partial charge in [-0.05, 0) is 44.0 Å². The normalized spacial score (nSPS) is 16.1. The van der Waals surface area contributed by atoms with Crippen molar-refractivity contribution >= 4 is 29.9 Å². The van der Waals surface area contributed by atoms with E-state index in [1.165, 1.54) is 25.9 Å². The number of hydrogen-bond donors (Lipinski definition) is 2. The van der Waals surface area contributed by atoms with Gasteiger partial charge in [0.25, 0.3) is 0 Å². The molecule has 1 aliphatic heterocycles. The predicted molar refractivity (Wildman–Crippen MR) is 125 cm³/mol. The summed E-state index contributed by atoms with van der Waals surface area (Å²) >= 11 is 0. The fourth-order valence-corrected chi connectivity index (χ4v) is 3.56. The Morgan fingerprint density at radius 2 is 1.89 bits per heavy atom. The van der Waals surface area contributed by atoms with Crippen LogP contribution in [0, 0.1) is 5.92 Å². The van der Waals surface area contributed by atoms with Crippen molar-refractivity contribution in [3.63, 3.8) is 0 Å². The molecule has 1 fully saturated rings. The van der Waals surface area contributed by atoms with Gasteiger partial charge in [-0.3, -0.25) is 9.89 Å². The molecule has 0 radical (unpaired) electrons. The number of hydrogen-bond acceptors (Lipinski definition) is 4. The molecule has 1 saturated heterocycles. The largest absolute Gasteiger partial charge is 0.444 e. The van der Waals surface area contributed by atoms with Gasteiger partial charge in [0.2, 0.25) is 5.89 Å². The summed E-state index contributed by atoms with van der Waals surface area (Å²) in [5.41, 5.74) is 1.84. The first-order valence-electron chi connectivity index (χ1n) is 9.85. The number of guanidine groups is 1. The van der Waals surface area contributed by atoms with Crippen LogP contribution in [-0.2, 0) is 6.54 Å². The number of aliphatic imine (C=N–C) groups is 1. The number of benzene rings is 1. The molecule has 28 heavy (non-hydrogen) atoms. The molecule has 1 aromatic carbocycles. The zero-order chi connectivity index (χ0) is 19.1. The van der Waals surface area contributed by atoms with Gasteiger partial charge in [0.05, 0.1) is 12.2 Å². The van der Waals surface area contributed by atoms with Crippen molar-refractivity contribution in [2.24, 2.45) is 10.9 Å². The average molecular weight is 497 g/mol. The highest BCUT2D eigenvalue weighted by atomic mass is 127. The van der Waals surface area contributed by atoms with Crippen LogP contribution < -0.4 is 10.6 Å². The number of nitrogens with zero attached hydrogens (tertiary/aromatic N) is 3. The fourth-order valence-electron chi connectivity index (χ4n) is 3.56. The summed E-state index contributed by atoms with van der Waals surface area (Å²) in [6.07, 6.45) is 4.32. The molecular weight excluding hydrogens is 465 g/mol. The maximum absolute atomic E-state index is 5.60. The maximum Gasteiger partial charge on any atom is 0.226 e. The minimum absolute atomic E-state index is 0. The third-order valence-electron chi connectivity index (χ3n) is 5.09. The Hall–Kier alpha value is -1.61. The fraction of sp³-hybridized carbons (Fsp3) is 0.524. The van der Waals surface area contributed by atoms with Crippen molar-refractivity contribution in [1.29, 1.82) is 0 Å². The number of rotatable bonds is 7. The van der Waals surface area contributed by atoms with E-state index < -0.39 is 0 Å². The first-order valence-corrected chi connectivity index (χ1v) is 9.85. The van der Waals surface area contributed by atoms with E-state index >= 15 is 0 Å². The van der Waals surface area contributed by atoms with Crippen LogP contribution in [0.25, 0.3) is 11.5 Å². The average Bonchev–Trinajstić information content (AvgIpc) is 3.37. The van der Waals surface area contributed by atoms with Crippen molar-refractivity contribution < 1.29 is 4.42 Å². The van der Waals surface area contributed by atoms with Crippen molar-refractivity contribution in [2.75, 3.05) is 26.7 Å². The highest BCUT2D eigenvalue weighted by Crippen LogP contribution is 2.18. The lowest BCUT2D eigenvalue weighted by molar-refractivity contribution is 0.192. The lowest BCUT2D eigenvalue weighted by Crippen LogP contribution is -2.48. The van der Waals surface area contributed by atoms with E-state index in [1.807, 2.05) is 30.3 Å². The van der Waals surface area contributed by atoms with E-state index in [0.29, 0.717) is 24.4 Å². The number of aromatic nitrogens is 1. The molecule has 0 aliphatic carbocycles. The van der Waals surface area contributed by atoms with Crippen molar-refractivity contribution in [3.8, 4) is 11.5 Å². The molecule has 2 heterocycles. The molecule has 2 N–H and O–H groups in total. The second-order valence-corrected chi connectivity index (χ2v) is 7.37. The van der Waals surface area contributed by atoms with Crippen LogP contribution >= 0.6 is 24.0 Å². The van der Waals surface area contributed by atoms with Gasteiger partial charge in [-0.25, -0.2) is 4.98 Å². The van der Waals surface area contributed by atoms with Gasteiger partial charge < -0.3 is 15.1 Å². The Morgan fingerprint density at radius 3 is 2.54 bits per heavy atom. The standard InChI is InChI=1S/C21H31N5O.HI/c1-16(2)19(26-11-7-8-12-26)14-24-21(22-3)23-13-18-15-27-20(25-18)17-9-5-4-6-10-17;/h4-6,9-10,15-16,19H,7-8,11-14H2,1-3H3,(H2,22,23,24);1H. The molecule has 0 bridgehead atoms. The topological polar surface area (TPSA) is 65.7 Å². The third kappa shape index (κ3) is 6.20. The zero-order valence-electron chi connectivity index (χ0n) is 17.0. The zero-order valence-corrected chi connectivity index (χ0v) is 19.3. The van der Waals surface area contributed by atoms with E-state index in [9.17, 15) is 0 Å². The molecule has 1 aromatic heterocycles. The van der Waals surface area contributed by atoms with Gasteiger partial charge in [0.1, 0.15) is 6.26 Å². The number of oxazole rings is 1. The Labute approximate surface area is 185 Å². The van der Waals surface area contributed by atoms with Gasteiger partial charge in [0, 0.05) is 25.2 Å². The molecule has 1 unspecified atom stereocenters. The summed E-state index contributed by atoms with van der Waals surface area (Å²) in [6, 6.07) is 10.5. The minimum Gasteiger partial charge on any atom is -0.444 e. The van der Waals surface area contributed by atoms with Crippen molar-refractivity contribution in [3.05, 3.63) is 42.3 Å². The lowest BCUT2D eigenvalue weighted by Gasteiger charge is -2.31. The second-order valence-electron chi connectivity index (χ2n) is 7.37. The smallest absolute Gasteiger partial charge is 0.226 e. The summed E-state index contributed by atoms with van der Waals surface area (Å²) in [6.45, 7) is 8.47. The Kier molecular flexibility index (Phi) is 9.24. The summed E-state index contributed by atoms with van der Waals surface area (Å²) < 4.78 is 5.60. The van der Waals surface area contributed by atoms with E-state index in [-0.39, 0.29) is 24.0 Å². The van der Waals surface area contributed by atoms with Gasteiger partial charge in [0.15, 0.2) is 5.96 Å².